The maximum atomic E-state index is 12.0. The minimum Gasteiger partial charge on any atom is -0.353 e. The first-order valence-electron chi connectivity index (χ1n) is 7.33. The van der Waals surface area contributed by atoms with Crippen LogP contribution in [0.5, 0.6) is 0 Å². The molecule has 0 aliphatic carbocycles. The van der Waals surface area contributed by atoms with Gasteiger partial charge in [-0.05, 0) is 6.42 Å². The van der Waals surface area contributed by atoms with E-state index in [0.717, 1.165) is 0 Å². The molecule has 3 heterocycles. The quantitative estimate of drug-likeness (QED) is 0.668. The summed E-state index contributed by atoms with van der Waals surface area (Å²) in [4.78, 5) is 35.6. The Bertz CT molecular complexity index is 675. The summed E-state index contributed by atoms with van der Waals surface area (Å²) in [7, 11) is 0. The maximum absolute atomic E-state index is 12.0. The summed E-state index contributed by atoms with van der Waals surface area (Å²) in [5.41, 5.74) is 5.85. The van der Waals surface area contributed by atoms with E-state index in [1.165, 1.54) is 0 Å². The van der Waals surface area contributed by atoms with E-state index in [9.17, 15) is 9.59 Å². The fraction of sp³-hybridized carbons (Fsp3) is 0.357. The van der Waals surface area contributed by atoms with Crippen molar-refractivity contribution in [3.8, 4) is 11.5 Å². The van der Waals surface area contributed by atoms with E-state index in [1.807, 2.05) is 10.8 Å². The van der Waals surface area contributed by atoms with Gasteiger partial charge < -0.3 is 9.88 Å². The fourth-order valence-corrected chi connectivity index (χ4v) is 2.33. The Labute approximate surface area is 132 Å². The summed E-state index contributed by atoms with van der Waals surface area (Å²) in [6.07, 6.45) is 9.22. The lowest BCUT2D eigenvalue weighted by molar-refractivity contribution is -0.128. The zero-order valence-corrected chi connectivity index (χ0v) is 12.4. The molecular weight excluding hydrogens is 298 g/mol. The number of hydrazine groups is 1. The van der Waals surface area contributed by atoms with Gasteiger partial charge in [0.05, 0.1) is 6.20 Å². The van der Waals surface area contributed by atoms with Gasteiger partial charge in [-0.3, -0.25) is 20.0 Å². The molecule has 1 unspecified atom stereocenters. The van der Waals surface area contributed by atoms with Crippen molar-refractivity contribution in [3.05, 3.63) is 31.0 Å². The Kier molecular flexibility index (Phi) is 4.57. The summed E-state index contributed by atoms with van der Waals surface area (Å²) < 4.78 is 1.90. The van der Waals surface area contributed by atoms with E-state index in [0.29, 0.717) is 37.4 Å². The molecule has 1 aliphatic rings. The molecule has 2 aromatic rings. The lowest BCUT2D eigenvalue weighted by atomic mass is 10.1. The lowest BCUT2D eigenvalue weighted by Gasteiger charge is -2.23. The number of hydrogen-bond donors (Lipinski definition) is 3. The topological polar surface area (TPSA) is 114 Å². The molecule has 0 spiro atoms. The third-order valence-corrected chi connectivity index (χ3v) is 3.52. The summed E-state index contributed by atoms with van der Waals surface area (Å²) in [6, 6.07) is -0.394. The Morgan fingerprint density at radius 1 is 1.35 bits per heavy atom. The molecular formula is C14H17N7O2. The number of amides is 2. The zero-order valence-electron chi connectivity index (χ0n) is 12.4. The van der Waals surface area contributed by atoms with E-state index in [2.05, 4.69) is 31.1 Å². The molecule has 120 valence electrons. The van der Waals surface area contributed by atoms with Gasteiger partial charge in [-0.2, -0.15) is 0 Å². The predicted octanol–water partition coefficient (Wildman–Crippen LogP) is -0.760. The minimum absolute atomic E-state index is 0.0962. The summed E-state index contributed by atoms with van der Waals surface area (Å²) in [6.45, 7) is 1.02. The van der Waals surface area contributed by atoms with Crippen LogP contribution >= 0.6 is 0 Å². The molecule has 1 saturated heterocycles. The van der Waals surface area contributed by atoms with Crippen LogP contribution in [-0.2, 0) is 16.1 Å². The van der Waals surface area contributed by atoms with Crippen LogP contribution in [0.25, 0.3) is 11.5 Å². The highest BCUT2D eigenvalue weighted by Gasteiger charge is 2.23. The van der Waals surface area contributed by atoms with Crippen LogP contribution in [-0.4, -0.2) is 43.9 Å². The van der Waals surface area contributed by atoms with Crippen LogP contribution in [0.2, 0.25) is 0 Å². The van der Waals surface area contributed by atoms with E-state index in [4.69, 9.17) is 0 Å². The van der Waals surface area contributed by atoms with E-state index in [-0.39, 0.29) is 11.8 Å². The Balaban J connectivity index is 1.53. The first kappa shape index (κ1) is 15.1. The number of carbonyl (C=O) groups is 2. The second-order valence-electron chi connectivity index (χ2n) is 5.11. The Morgan fingerprint density at radius 2 is 2.26 bits per heavy atom. The molecule has 1 aliphatic heterocycles. The van der Waals surface area contributed by atoms with Gasteiger partial charge in [0.25, 0.3) is 0 Å². The molecule has 0 bridgehead atoms. The van der Waals surface area contributed by atoms with Gasteiger partial charge in [-0.1, -0.05) is 0 Å². The smallest absolute Gasteiger partial charge is 0.239 e. The first-order chi connectivity index (χ1) is 11.2. The molecule has 2 amide bonds. The van der Waals surface area contributed by atoms with Gasteiger partial charge in [0.2, 0.25) is 11.8 Å². The minimum atomic E-state index is -0.394. The second-order valence-corrected chi connectivity index (χ2v) is 5.11. The van der Waals surface area contributed by atoms with E-state index in [1.54, 1.807) is 24.8 Å². The highest BCUT2D eigenvalue weighted by Crippen LogP contribution is 2.12. The summed E-state index contributed by atoms with van der Waals surface area (Å²) in [5, 5.41) is 2.85. The molecule has 3 N–H and O–H groups in total. The van der Waals surface area contributed by atoms with Crippen LogP contribution < -0.4 is 16.2 Å². The number of imidazole rings is 1. The van der Waals surface area contributed by atoms with Gasteiger partial charge in [-0.15, -0.1) is 0 Å². The standard InChI is InChI=1S/C14H17N7O2/c22-12-2-1-10(19-20-12)14(23)18-6-8-21-7-5-17-13(21)11-9-15-3-4-16-11/h3-5,7,9-10,19H,1-2,6,8H2,(H,18,23)(H,20,22). The molecule has 3 rings (SSSR count). The third-order valence-electron chi connectivity index (χ3n) is 3.52. The normalized spacial score (nSPS) is 17.6. The number of aromatic nitrogens is 4. The fourth-order valence-electron chi connectivity index (χ4n) is 2.33. The monoisotopic (exact) mass is 315 g/mol. The van der Waals surface area contributed by atoms with Crippen molar-refractivity contribution in [2.75, 3.05) is 6.54 Å². The van der Waals surface area contributed by atoms with Crippen molar-refractivity contribution in [2.24, 2.45) is 0 Å². The van der Waals surface area contributed by atoms with Gasteiger partial charge in [0, 0.05) is 44.3 Å². The average molecular weight is 315 g/mol. The SMILES string of the molecule is O=C1CCC(C(=O)NCCn2ccnc2-c2cnccn2)NN1. The molecule has 0 radical (unpaired) electrons. The molecule has 1 atom stereocenters. The maximum Gasteiger partial charge on any atom is 0.239 e. The van der Waals surface area contributed by atoms with E-state index >= 15 is 0 Å². The summed E-state index contributed by atoms with van der Waals surface area (Å²) >= 11 is 0. The molecule has 9 heteroatoms. The second kappa shape index (κ2) is 6.97. The van der Waals surface area contributed by atoms with Crippen LogP contribution in [0.3, 0.4) is 0 Å². The van der Waals surface area contributed by atoms with Crippen molar-refractivity contribution in [1.29, 1.82) is 0 Å². The van der Waals surface area contributed by atoms with Gasteiger partial charge >= 0.3 is 0 Å². The average Bonchev–Trinajstić information content (AvgIpc) is 3.05. The van der Waals surface area contributed by atoms with E-state index < -0.39 is 6.04 Å². The van der Waals surface area contributed by atoms with Crippen molar-refractivity contribution in [3.63, 3.8) is 0 Å². The lowest BCUT2D eigenvalue weighted by Crippen LogP contribution is -2.55. The molecule has 1 fully saturated rings. The highest BCUT2D eigenvalue weighted by molar-refractivity contribution is 5.85. The number of nitrogens with one attached hydrogen (secondary N) is 3. The molecule has 0 aromatic carbocycles. The molecule has 2 aromatic heterocycles. The molecule has 23 heavy (non-hydrogen) atoms. The Morgan fingerprint density at radius 3 is 3.00 bits per heavy atom. The van der Waals surface area contributed by atoms with Crippen molar-refractivity contribution < 1.29 is 9.59 Å². The van der Waals surface area contributed by atoms with Crippen molar-refractivity contribution >= 4 is 11.8 Å². The van der Waals surface area contributed by atoms with Crippen molar-refractivity contribution in [2.45, 2.75) is 25.4 Å². The van der Waals surface area contributed by atoms with Crippen molar-refractivity contribution in [1.82, 2.24) is 35.7 Å². The van der Waals surface area contributed by atoms with Crippen LogP contribution in [0.15, 0.2) is 31.0 Å². The number of nitrogens with zero attached hydrogens (tertiary/aromatic N) is 4. The highest BCUT2D eigenvalue weighted by atomic mass is 16.2. The number of carbonyl (C=O) groups excluding carboxylic acids is 2. The number of hydrogen-bond acceptors (Lipinski definition) is 6. The summed E-state index contributed by atoms with van der Waals surface area (Å²) in [5.74, 6) is 0.475. The van der Waals surface area contributed by atoms with Crippen LogP contribution in [0.4, 0.5) is 0 Å². The molecule has 0 saturated carbocycles. The van der Waals surface area contributed by atoms with Gasteiger partial charge in [0.1, 0.15) is 11.7 Å². The third kappa shape index (κ3) is 3.69. The largest absolute Gasteiger partial charge is 0.353 e. The number of rotatable bonds is 5. The van der Waals surface area contributed by atoms with Crippen LogP contribution in [0.1, 0.15) is 12.8 Å². The molecule has 9 nitrogen and oxygen atoms in total. The Hall–Kier alpha value is -2.81. The van der Waals surface area contributed by atoms with Gasteiger partial charge in [0.15, 0.2) is 5.82 Å². The van der Waals surface area contributed by atoms with Crippen LogP contribution in [0, 0.1) is 0 Å². The predicted molar refractivity (Wildman–Crippen MR) is 80.6 cm³/mol. The first-order valence-corrected chi connectivity index (χ1v) is 7.33. The van der Waals surface area contributed by atoms with Gasteiger partial charge in [-0.25, -0.2) is 15.4 Å². The zero-order chi connectivity index (χ0) is 16.1.